The number of unbranched alkanes of at least 4 members (excludes halogenated alkanes) is 2. The molecule has 6 heterocycles. The van der Waals surface area contributed by atoms with Crippen LogP contribution in [-0.2, 0) is 115 Å². The first-order valence-electron chi connectivity index (χ1n) is 37.4. The van der Waals surface area contributed by atoms with Gasteiger partial charge >= 0.3 is 24.0 Å². The number of carbonyl (C=O) groups is 4. The number of benzene rings is 3. The molecule has 9 rings (SSSR count). The lowest BCUT2D eigenvalue weighted by molar-refractivity contribution is -0.374. The number of esters is 3. The molecule has 0 radical (unpaired) electrons. The Morgan fingerprint density at radius 2 is 0.798 bits per heavy atom. The number of azide groups is 3. The third-order valence-electron chi connectivity index (χ3n) is 21.4. The molecular formula is C75H106N10O24. The molecule has 0 aromatic heterocycles. The van der Waals surface area contributed by atoms with Crippen molar-refractivity contribution in [1.29, 1.82) is 0 Å². The summed E-state index contributed by atoms with van der Waals surface area (Å²) in [7, 11) is 0. The zero-order valence-corrected chi connectivity index (χ0v) is 63.6. The average Bonchev–Trinajstić information content (AvgIpc) is 0.767. The van der Waals surface area contributed by atoms with Crippen LogP contribution in [0.3, 0.4) is 0 Å². The van der Waals surface area contributed by atoms with Crippen LogP contribution < -0.4 is 0 Å². The van der Waals surface area contributed by atoms with Gasteiger partial charge in [0.15, 0.2) is 56.1 Å². The fraction of sp³-hybridized carbons (Fsp3) is 0.707. The van der Waals surface area contributed by atoms with Crippen molar-refractivity contribution in [3.05, 3.63) is 139 Å². The summed E-state index contributed by atoms with van der Waals surface area (Å²) in [5.41, 5.74) is 32.7. The molecule has 30 atom stereocenters. The molecular weight excluding hydrogens is 1420 g/mol. The molecule has 34 heteroatoms. The molecule has 3 N–H and O–H groups in total. The molecule has 0 saturated carbocycles. The summed E-state index contributed by atoms with van der Waals surface area (Å²) in [5.74, 6) is -5.42. The summed E-state index contributed by atoms with van der Waals surface area (Å²) in [4.78, 5) is 63.3. The van der Waals surface area contributed by atoms with Crippen LogP contribution >= 0.6 is 0 Å². The third-order valence-corrected chi connectivity index (χ3v) is 21.4. The largest absolute Gasteiger partial charge is 0.457 e. The Morgan fingerprint density at radius 3 is 1.27 bits per heavy atom. The summed E-state index contributed by atoms with van der Waals surface area (Å²) >= 11 is 0. The summed E-state index contributed by atoms with van der Waals surface area (Å²) < 4.78 is 109. The maximum Gasteiger partial charge on any atom is 0.410 e. The van der Waals surface area contributed by atoms with Gasteiger partial charge < -0.3 is 101 Å². The van der Waals surface area contributed by atoms with E-state index in [9.17, 15) is 51.1 Å². The van der Waals surface area contributed by atoms with E-state index in [4.69, 9.17) is 80.5 Å². The number of ether oxygens (including phenoxy) is 17. The molecule has 109 heavy (non-hydrogen) atoms. The van der Waals surface area contributed by atoms with E-state index in [0.29, 0.717) is 37.9 Å². The first-order chi connectivity index (χ1) is 52.4. The Bertz CT molecular complexity index is 3520. The van der Waals surface area contributed by atoms with Crippen LogP contribution in [-0.4, -0.2) is 225 Å². The lowest BCUT2D eigenvalue weighted by Gasteiger charge is -2.51. The topological polar surface area (TPSA) is 435 Å². The van der Waals surface area contributed by atoms with Crippen LogP contribution in [0.2, 0.25) is 0 Å². The Kier molecular flexibility index (Phi) is 32.4. The van der Waals surface area contributed by atoms with E-state index in [0.717, 1.165) is 11.1 Å². The van der Waals surface area contributed by atoms with E-state index in [1.165, 1.54) is 20.8 Å². The standard InChI is InChI=1S/C75H106N10O24/c1-39-40(2)64(99-48(10)89)72(96-45(39)7)106-62-43(5)59(81-84-78)71(104-55(62)35-87)109-66-47(9)98-74(68(101-50(12)91)67(66)94-37-52-27-19-14-20-28-52)108-63-42(4)58(80-83-77)70(103-56(63)36-88)105-60-44(6)65(100-49(11)90)73(97-46(60)8)107-61-41(3)57(79-82-76)69(102-54(61)34-86)93-32-24-16-23-31-85(33-51-25-17-13-18-26-51)75(92)95-38-53-29-21-15-22-30-53/h13-15,17-22,25-30,39-47,54-74,86-88H,16,23-24,31-38H2,1-12H3/t39-,40?,41?,42?,43?,44?,45-,46-,47?,54-,55-,56?,57?,58-,59?,60-,61-,62-,63-,64?,65?,66+,67+,68?,69-,70+,71+,72-,73-,74-/m0/s1. The van der Waals surface area contributed by atoms with Crippen molar-refractivity contribution in [1.82, 2.24) is 4.90 Å². The number of aliphatic hydroxyl groups is 3. The Hall–Kier alpha value is -7.37. The highest BCUT2D eigenvalue weighted by Crippen LogP contribution is 2.44. The lowest BCUT2D eigenvalue weighted by Crippen LogP contribution is -2.65. The predicted molar refractivity (Wildman–Crippen MR) is 383 cm³/mol. The van der Waals surface area contributed by atoms with Gasteiger partial charge in [0.25, 0.3) is 0 Å². The second-order valence-electron chi connectivity index (χ2n) is 28.9. The minimum atomic E-state index is -1.53. The summed E-state index contributed by atoms with van der Waals surface area (Å²) in [6.45, 7) is 18.7. The summed E-state index contributed by atoms with van der Waals surface area (Å²) in [5, 5.41) is 45.5. The van der Waals surface area contributed by atoms with Gasteiger partial charge in [-0.05, 0) is 97.0 Å². The van der Waals surface area contributed by atoms with E-state index >= 15 is 0 Å². The van der Waals surface area contributed by atoms with Crippen molar-refractivity contribution in [3.63, 3.8) is 0 Å². The Balaban J connectivity index is 0.868. The van der Waals surface area contributed by atoms with Gasteiger partial charge in [0.05, 0.1) is 87.3 Å². The highest BCUT2D eigenvalue weighted by Gasteiger charge is 2.58. The van der Waals surface area contributed by atoms with E-state index in [-0.39, 0.29) is 37.8 Å². The van der Waals surface area contributed by atoms with Crippen LogP contribution in [0.25, 0.3) is 31.3 Å². The fourth-order valence-corrected chi connectivity index (χ4v) is 15.2. The third kappa shape index (κ3) is 22.1. The lowest BCUT2D eigenvalue weighted by atomic mass is 9.83. The van der Waals surface area contributed by atoms with Crippen molar-refractivity contribution in [2.24, 2.45) is 50.9 Å². The van der Waals surface area contributed by atoms with Gasteiger partial charge in [-0.3, -0.25) is 14.4 Å². The van der Waals surface area contributed by atoms with Gasteiger partial charge in [-0.2, -0.15) is 0 Å². The van der Waals surface area contributed by atoms with Gasteiger partial charge in [-0.25, -0.2) is 4.79 Å². The van der Waals surface area contributed by atoms with Gasteiger partial charge in [-0.1, -0.05) is 148 Å². The molecule has 6 aliphatic heterocycles. The maximum absolute atomic E-state index is 13.4. The molecule has 0 bridgehead atoms. The quantitative estimate of drug-likeness (QED) is 0.0127. The number of aliphatic hydroxyl groups excluding tert-OH is 3. The Labute approximate surface area is 633 Å². The smallest absolute Gasteiger partial charge is 0.410 e. The van der Waals surface area contributed by atoms with Crippen LogP contribution in [0.1, 0.15) is 119 Å². The zero-order valence-electron chi connectivity index (χ0n) is 63.6. The number of hydrogen-bond acceptors (Lipinski definition) is 27. The minimum Gasteiger partial charge on any atom is -0.457 e. The number of rotatable bonds is 33. The minimum absolute atomic E-state index is 0.0291. The molecule has 6 saturated heterocycles. The molecule has 0 spiro atoms. The number of hydrogen-bond donors (Lipinski definition) is 3. The fourth-order valence-electron chi connectivity index (χ4n) is 15.2. The SMILES string of the molecule is CC(=O)OC1C(C)[C@H](C)[C@H](C)O[C@H]1O[C@H]1C(C)C(N=[N+]=[N-])[C@@H](O[C@@H]2C(C)O[C@@H](O[C@@H]3C(CO)O[C@H](O[C@H]4C(C)C(OC(C)=O)[C@H](O[C@H]5C(C)C(N=[N+]=[N-])[C@@H](OCCCCCN(Cc6ccccc6)C(=O)OCc6ccccc6)O[C@H]5CO)O[C@H]4C)[C@@H](N=[N+]=[N-])C3C)C(OC(C)=O)[C@@H]2OCc2ccccc2)O[C@H]1CO. The molecule has 34 nitrogen and oxygen atoms in total. The Morgan fingerprint density at radius 1 is 0.404 bits per heavy atom. The second-order valence-corrected chi connectivity index (χ2v) is 28.9. The molecule has 0 aliphatic carbocycles. The first kappa shape index (κ1) is 85.6. The van der Waals surface area contributed by atoms with Crippen molar-refractivity contribution in [3.8, 4) is 0 Å². The molecule has 1 amide bonds. The van der Waals surface area contributed by atoms with Crippen LogP contribution in [0.5, 0.6) is 0 Å². The van der Waals surface area contributed by atoms with E-state index < -0.39 is 209 Å². The highest BCUT2D eigenvalue weighted by atomic mass is 16.8. The van der Waals surface area contributed by atoms with Crippen molar-refractivity contribution >= 4 is 24.0 Å². The normalized spacial score (nSPS) is 36.6. The summed E-state index contributed by atoms with van der Waals surface area (Å²) in [6.07, 6.45) is -22.7. The monoisotopic (exact) mass is 1530 g/mol. The van der Waals surface area contributed by atoms with Crippen LogP contribution in [0.15, 0.2) is 106 Å². The average molecular weight is 1530 g/mol. The number of amides is 1. The molecule has 6 fully saturated rings. The van der Waals surface area contributed by atoms with E-state index in [1.807, 2.05) is 112 Å². The first-order valence-corrected chi connectivity index (χ1v) is 37.4. The number of carbonyl (C=O) groups excluding carboxylic acids is 4. The zero-order chi connectivity index (χ0) is 78.6. The highest BCUT2D eigenvalue weighted by molar-refractivity contribution is 5.68. The molecule has 3 aromatic carbocycles. The summed E-state index contributed by atoms with van der Waals surface area (Å²) in [6, 6.07) is 24.7. The van der Waals surface area contributed by atoms with Gasteiger partial charge in [0.2, 0.25) is 0 Å². The number of nitrogens with zero attached hydrogens (tertiary/aromatic N) is 10. The van der Waals surface area contributed by atoms with Crippen molar-refractivity contribution in [2.45, 2.75) is 270 Å². The second kappa shape index (κ2) is 41.2. The maximum atomic E-state index is 13.4. The van der Waals surface area contributed by atoms with E-state index in [1.54, 1.807) is 46.4 Å². The molecule has 3 aromatic rings. The van der Waals surface area contributed by atoms with Crippen LogP contribution in [0.4, 0.5) is 4.79 Å². The van der Waals surface area contributed by atoms with Crippen LogP contribution in [0, 0.1) is 35.5 Å². The van der Waals surface area contributed by atoms with Gasteiger partial charge in [-0.15, -0.1) is 0 Å². The van der Waals surface area contributed by atoms with Gasteiger partial charge in [0, 0.05) is 67.0 Å². The molecule has 6 aliphatic rings. The van der Waals surface area contributed by atoms with E-state index in [2.05, 4.69) is 30.1 Å². The van der Waals surface area contributed by atoms with Crippen molar-refractivity contribution in [2.75, 3.05) is 33.0 Å². The molecule has 12 unspecified atom stereocenters. The van der Waals surface area contributed by atoms with Crippen molar-refractivity contribution < 1.29 is 115 Å². The molecule has 600 valence electrons. The van der Waals surface area contributed by atoms with Gasteiger partial charge in [0.1, 0.15) is 37.1 Å². The predicted octanol–water partition coefficient (Wildman–Crippen LogP) is 9.56.